The molecule has 0 radical (unpaired) electrons. The first-order valence-corrected chi connectivity index (χ1v) is 14.8. The van der Waals surface area contributed by atoms with E-state index in [2.05, 4.69) is 20.3 Å². The van der Waals surface area contributed by atoms with E-state index in [9.17, 15) is 30.8 Å². The molecule has 3 aromatic rings. The van der Waals surface area contributed by atoms with E-state index in [1.54, 1.807) is 24.3 Å². The van der Waals surface area contributed by atoms with Crippen LogP contribution in [0.2, 0.25) is 0 Å². The maximum absolute atomic E-state index is 15.5. The number of halogens is 5. The van der Waals surface area contributed by atoms with Gasteiger partial charge >= 0.3 is 5.51 Å². The first kappa shape index (κ1) is 30.3. The molecule has 2 aliphatic heterocycles. The van der Waals surface area contributed by atoms with E-state index in [-0.39, 0.29) is 39.0 Å². The predicted octanol–water partition coefficient (Wildman–Crippen LogP) is 4.59. The van der Waals surface area contributed by atoms with E-state index >= 15 is 4.39 Å². The summed E-state index contributed by atoms with van der Waals surface area (Å²) in [5.41, 5.74) is -10.5. The largest absolute Gasteiger partial charge is 0.499 e. The maximum Gasteiger partial charge on any atom is 0.499 e. The zero-order chi connectivity index (χ0) is 31.0. The van der Waals surface area contributed by atoms with Crippen molar-refractivity contribution in [3.05, 3.63) is 94.8 Å². The summed E-state index contributed by atoms with van der Waals surface area (Å²) >= 11 is 0.781. The lowest BCUT2D eigenvalue weighted by Crippen LogP contribution is -2.47. The van der Waals surface area contributed by atoms with Crippen LogP contribution in [-0.2, 0) is 20.1 Å². The minimum atomic E-state index is -5.88. The Morgan fingerprint density at radius 2 is 1.91 bits per heavy atom. The minimum absolute atomic E-state index is 0.0265. The number of aliphatic imine (C=N–C) groups is 1. The summed E-state index contributed by atoms with van der Waals surface area (Å²) in [6.45, 7) is -0.781. The fourth-order valence-electron chi connectivity index (χ4n) is 4.66. The molecule has 0 saturated carbocycles. The normalized spacial score (nSPS) is 22.3. The van der Waals surface area contributed by atoms with Crippen LogP contribution in [0.1, 0.15) is 32.9 Å². The van der Waals surface area contributed by atoms with Crippen LogP contribution in [0.3, 0.4) is 0 Å². The van der Waals surface area contributed by atoms with Gasteiger partial charge in [-0.3, -0.25) is 4.79 Å². The van der Waals surface area contributed by atoms with Crippen LogP contribution in [0.5, 0.6) is 0 Å². The third-order valence-electron chi connectivity index (χ3n) is 6.76. The molecule has 222 valence electrons. The number of aromatic nitrogens is 2. The number of nitrogens with zero attached hydrogens (tertiary/aromatic N) is 4. The molecule has 0 bridgehead atoms. The number of nitriles is 1. The van der Waals surface area contributed by atoms with E-state index in [1.807, 2.05) is 0 Å². The Kier molecular flexibility index (Phi) is 8.07. The van der Waals surface area contributed by atoms with E-state index in [0.29, 0.717) is 0 Å². The molecule has 43 heavy (non-hydrogen) atoms. The van der Waals surface area contributed by atoms with Gasteiger partial charge in [-0.1, -0.05) is 36.0 Å². The Bertz CT molecular complexity index is 1780. The highest BCUT2D eigenvalue weighted by atomic mass is 32.2. The van der Waals surface area contributed by atoms with Crippen molar-refractivity contribution >= 4 is 44.6 Å². The smallest absolute Gasteiger partial charge is 0.359 e. The molecule has 5 rings (SSSR count). The van der Waals surface area contributed by atoms with Crippen molar-refractivity contribution in [2.24, 2.45) is 10.9 Å². The molecule has 0 unspecified atom stereocenters. The quantitative estimate of drug-likeness (QED) is 0.403. The van der Waals surface area contributed by atoms with E-state index in [0.717, 1.165) is 42.4 Å². The van der Waals surface area contributed by atoms with E-state index < -0.39 is 56.4 Å². The van der Waals surface area contributed by atoms with Gasteiger partial charge in [-0.2, -0.15) is 18.4 Å². The Hall–Kier alpha value is -4.20. The number of hydrogen-bond donors (Lipinski definition) is 1. The number of sulfone groups is 1. The Morgan fingerprint density at radius 1 is 1.16 bits per heavy atom. The third-order valence-corrected chi connectivity index (χ3v) is 9.47. The zero-order valence-electron chi connectivity index (χ0n) is 21.5. The molecular formula is C27H18F5N5O4S2. The molecule has 16 heteroatoms. The lowest BCUT2D eigenvalue weighted by molar-refractivity contribution is -0.0489. The van der Waals surface area contributed by atoms with Gasteiger partial charge in [0.05, 0.1) is 19.0 Å². The summed E-state index contributed by atoms with van der Waals surface area (Å²) in [7, 11) is -5.88. The SMILES string of the molecule is N#Cc1cnc(/C(F)=C/c2ccc(F)c([C@]34CO[C@@H](S(=O)(=O)C(F)(F)F)[C@@H]3CSC(NC(=O)c3ccccc3)=N4)c2)cn1. The molecule has 3 heterocycles. The number of thioether (sulfide) groups is 1. The van der Waals surface area contributed by atoms with E-state index in [4.69, 9.17) is 10.00 Å². The van der Waals surface area contributed by atoms with Gasteiger partial charge in [0.25, 0.3) is 15.7 Å². The van der Waals surface area contributed by atoms with Gasteiger partial charge in [0.1, 0.15) is 23.1 Å². The minimum Gasteiger partial charge on any atom is -0.359 e. The fourth-order valence-corrected chi connectivity index (χ4v) is 7.23. The van der Waals surface area contributed by atoms with Crippen LogP contribution in [0.15, 0.2) is 65.9 Å². The number of carbonyl (C=O) groups is 1. The summed E-state index contributed by atoms with van der Waals surface area (Å²) in [6.07, 6.45) is 2.99. The Balaban J connectivity index is 1.59. The molecule has 1 aromatic heterocycles. The molecular weight excluding hydrogens is 617 g/mol. The molecule has 2 aliphatic rings. The number of alkyl halides is 3. The molecule has 1 amide bonds. The van der Waals surface area contributed by atoms with Crippen molar-refractivity contribution < 1.29 is 39.9 Å². The molecule has 1 saturated heterocycles. The highest BCUT2D eigenvalue weighted by molar-refractivity contribution is 8.14. The number of hydrogen-bond acceptors (Lipinski definition) is 9. The standard InChI is InChI=1S/C27H18F5N5O4S2/c28-20-7-6-15(9-21(29)22-12-34-17(10-33)11-35-22)8-18(20)26-14-41-24(43(39,40)27(30,31)32)19(26)13-42-25(37-26)36-23(38)16-4-2-1-3-5-16/h1-9,11-12,19,24H,13-14H2,(H,36,37,38)/b21-9-/t19-,24-,26+/m0/s1. The van der Waals surface area contributed by atoms with Gasteiger partial charge in [0.2, 0.25) is 0 Å². The van der Waals surface area contributed by atoms with Gasteiger partial charge in [-0.15, -0.1) is 0 Å². The number of amides is 1. The average molecular weight is 636 g/mol. The molecule has 3 atom stereocenters. The first-order chi connectivity index (χ1) is 20.4. The highest BCUT2D eigenvalue weighted by Crippen LogP contribution is 2.51. The molecule has 1 fully saturated rings. The van der Waals surface area contributed by atoms with Gasteiger partial charge in [-0.05, 0) is 35.9 Å². The lowest BCUT2D eigenvalue weighted by Gasteiger charge is -2.36. The summed E-state index contributed by atoms with van der Waals surface area (Å²) in [6, 6.07) is 12.9. The summed E-state index contributed by atoms with van der Waals surface area (Å²) in [4.78, 5) is 24.7. The molecule has 0 aliphatic carbocycles. The number of ether oxygens (including phenoxy) is 1. The van der Waals surface area contributed by atoms with E-state index in [1.165, 1.54) is 18.2 Å². The topological polar surface area (TPSA) is 134 Å². The monoisotopic (exact) mass is 635 g/mol. The second-order valence-electron chi connectivity index (χ2n) is 9.38. The molecule has 1 N–H and O–H groups in total. The molecule has 9 nitrogen and oxygen atoms in total. The maximum atomic E-state index is 15.5. The van der Waals surface area contributed by atoms with Crippen molar-refractivity contribution in [1.82, 2.24) is 15.3 Å². The van der Waals surface area contributed by atoms with Gasteiger partial charge in [0, 0.05) is 22.8 Å². The number of carbonyl (C=O) groups excluding carboxylic acids is 1. The van der Waals surface area contributed by atoms with Crippen molar-refractivity contribution in [3.63, 3.8) is 0 Å². The number of nitrogens with one attached hydrogen (secondary N) is 1. The zero-order valence-corrected chi connectivity index (χ0v) is 23.2. The average Bonchev–Trinajstić information content (AvgIpc) is 3.38. The molecule has 2 aromatic carbocycles. The van der Waals surface area contributed by atoms with Crippen LogP contribution in [0.4, 0.5) is 22.0 Å². The van der Waals surface area contributed by atoms with Crippen molar-refractivity contribution in [2.75, 3.05) is 12.4 Å². The summed E-state index contributed by atoms with van der Waals surface area (Å²) < 4.78 is 101. The van der Waals surface area contributed by atoms with Crippen LogP contribution in [0.25, 0.3) is 11.9 Å². The second kappa shape index (κ2) is 11.5. The second-order valence-corrected chi connectivity index (χ2v) is 12.4. The lowest BCUT2D eigenvalue weighted by atomic mass is 9.80. The van der Waals surface area contributed by atoms with Crippen LogP contribution in [0, 0.1) is 23.1 Å². The number of amidine groups is 1. The van der Waals surface area contributed by atoms with Crippen LogP contribution < -0.4 is 5.32 Å². The Morgan fingerprint density at radius 3 is 2.56 bits per heavy atom. The molecule has 0 spiro atoms. The fraction of sp³-hybridized carbons (Fsp3) is 0.222. The van der Waals surface area contributed by atoms with Crippen molar-refractivity contribution in [1.29, 1.82) is 5.26 Å². The number of fused-ring (bicyclic) bond motifs is 1. The van der Waals surface area contributed by atoms with Gasteiger partial charge < -0.3 is 10.1 Å². The summed E-state index contributed by atoms with van der Waals surface area (Å²) in [5, 5.41) is 11.3. The Labute approximate surface area is 245 Å². The first-order valence-electron chi connectivity index (χ1n) is 12.3. The highest BCUT2D eigenvalue weighted by Gasteiger charge is 2.64. The van der Waals surface area contributed by atoms with Gasteiger partial charge in [0.15, 0.2) is 22.1 Å². The van der Waals surface area contributed by atoms with Crippen molar-refractivity contribution in [3.8, 4) is 6.07 Å². The predicted molar refractivity (Wildman–Crippen MR) is 146 cm³/mol. The van der Waals surface area contributed by atoms with Crippen LogP contribution in [-0.4, -0.2) is 52.8 Å². The number of benzene rings is 2. The summed E-state index contributed by atoms with van der Waals surface area (Å²) in [5.74, 6) is -4.39. The number of rotatable bonds is 5. The van der Waals surface area contributed by atoms with Gasteiger partial charge in [-0.25, -0.2) is 32.2 Å². The van der Waals surface area contributed by atoms with Crippen molar-refractivity contribution in [2.45, 2.75) is 16.5 Å². The third kappa shape index (κ3) is 5.75. The van der Waals surface area contributed by atoms with Crippen LogP contribution >= 0.6 is 11.8 Å².